The number of allylic oxidation sites excluding steroid dienone is 2. The molecule has 2 N–H and O–H groups in total. The molecule has 0 unspecified atom stereocenters. The fourth-order valence-electron chi connectivity index (χ4n) is 3.32. The molecule has 3 rings (SSSR count). The topological polar surface area (TPSA) is 92.7 Å². The van der Waals surface area contributed by atoms with E-state index < -0.39 is 29.7 Å². The number of carboxylic acid groups (broad SMARTS) is 1. The minimum Gasteiger partial charge on any atom is -0.481 e. The van der Waals surface area contributed by atoms with Crippen molar-refractivity contribution < 1.29 is 24.2 Å². The smallest absolute Gasteiger partial charge is 0.341 e. The van der Waals surface area contributed by atoms with Gasteiger partial charge in [0.05, 0.1) is 18.4 Å². The minimum atomic E-state index is -1.01. The summed E-state index contributed by atoms with van der Waals surface area (Å²) in [4.78, 5) is 37.0. The molecule has 0 radical (unpaired) electrons. The summed E-state index contributed by atoms with van der Waals surface area (Å²) < 4.78 is 5.18. The van der Waals surface area contributed by atoms with E-state index in [1.807, 2.05) is 0 Å². The van der Waals surface area contributed by atoms with Gasteiger partial charge < -0.3 is 15.2 Å². The molecule has 6 nitrogen and oxygen atoms in total. The molecule has 1 heterocycles. The molecule has 0 aliphatic heterocycles. The number of carboxylic acids is 1. The first-order chi connectivity index (χ1) is 13.9. The Balaban J connectivity index is 1.96. The second-order valence-corrected chi connectivity index (χ2v) is 7.82. The maximum absolute atomic E-state index is 12.8. The molecule has 8 heteroatoms. The van der Waals surface area contributed by atoms with Crippen LogP contribution in [0.3, 0.4) is 0 Å². The molecule has 29 heavy (non-hydrogen) atoms. The quantitative estimate of drug-likeness (QED) is 0.501. The van der Waals surface area contributed by atoms with Gasteiger partial charge in [0.25, 0.3) is 0 Å². The van der Waals surface area contributed by atoms with Crippen LogP contribution in [0.4, 0.5) is 5.00 Å². The second kappa shape index (κ2) is 9.24. The minimum absolute atomic E-state index is 0.179. The molecular formula is C21H20ClNO5S. The average molecular weight is 434 g/mol. The molecule has 0 spiro atoms. The van der Waals surface area contributed by atoms with Crippen LogP contribution in [0.2, 0.25) is 5.02 Å². The zero-order chi connectivity index (χ0) is 21.0. The van der Waals surface area contributed by atoms with Gasteiger partial charge in [-0.25, -0.2) is 4.79 Å². The number of esters is 1. The summed E-state index contributed by atoms with van der Waals surface area (Å²) in [5.41, 5.74) is 1.43. The van der Waals surface area contributed by atoms with E-state index in [2.05, 4.69) is 5.32 Å². The SMILES string of the molecule is CCOC(=O)c1c(-c2ccccc2Cl)csc1NC(=O)[C@@H]1CC=CC[C@@H]1C(=O)O. The number of ether oxygens (including phenoxy) is 1. The van der Waals surface area contributed by atoms with Crippen LogP contribution < -0.4 is 5.32 Å². The van der Waals surface area contributed by atoms with Crippen molar-refractivity contribution in [2.24, 2.45) is 11.8 Å². The first-order valence-electron chi connectivity index (χ1n) is 9.16. The van der Waals surface area contributed by atoms with Crippen LogP contribution in [0.25, 0.3) is 11.1 Å². The molecule has 2 atom stereocenters. The van der Waals surface area contributed by atoms with E-state index in [9.17, 15) is 19.5 Å². The van der Waals surface area contributed by atoms with Crippen LogP contribution in [-0.2, 0) is 14.3 Å². The van der Waals surface area contributed by atoms with Crippen molar-refractivity contribution >= 4 is 45.8 Å². The molecule has 1 aromatic heterocycles. The Labute approximate surface area is 177 Å². The molecular weight excluding hydrogens is 414 g/mol. The van der Waals surface area contributed by atoms with E-state index in [0.29, 0.717) is 34.0 Å². The Hall–Kier alpha value is -2.64. The van der Waals surface area contributed by atoms with Crippen LogP contribution >= 0.6 is 22.9 Å². The Bertz CT molecular complexity index is 968. The summed E-state index contributed by atoms with van der Waals surface area (Å²) in [5, 5.41) is 14.7. The van der Waals surface area contributed by atoms with Crippen molar-refractivity contribution in [1.29, 1.82) is 0 Å². The van der Waals surface area contributed by atoms with Crippen molar-refractivity contribution in [2.45, 2.75) is 19.8 Å². The van der Waals surface area contributed by atoms with Crippen molar-refractivity contribution in [3.63, 3.8) is 0 Å². The lowest BCUT2D eigenvalue weighted by molar-refractivity contribution is -0.146. The number of halogens is 1. The van der Waals surface area contributed by atoms with E-state index in [4.69, 9.17) is 16.3 Å². The van der Waals surface area contributed by atoms with Gasteiger partial charge in [-0.1, -0.05) is 42.0 Å². The van der Waals surface area contributed by atoms with Crippen LogP contribution in [0.15, 0.2) is 41.8 Å². The maximum Gasteiger partial charge on any atom is 0.341 e. The number of hydrogen-bond acceptors (Lipinski definition) is 5. The first-order valence-corrected chi connectivity index (χ1v) is 10.4. The Morgan fingerprint density at radius 3 is 2.52 bits per heavy atom. The fraction of sp³-hybridized carbons (Fsp3) is 0.286. The predicted octanol–water partition coefficient (Wildman–Crippen LogP) is 4.85. The van der Waals surface area contributed by atoms with Crippen molar-refractivity contribution in [2.75, 3.05) is 11.9 Å². The zero-order valence-corrected chi connectivity index (χ0v) is 17.3. The number of hydrogen-bond donors (Lipinski definition) is 2. The first kappa shape index (κ1) is 21.1. The number of nitrogens with one attached hydrogen (secondary N) is 1. The van der Waals surface area contributed by atoms with Crippen LogP contribution in [-0.4, -0.2) is 29.6 Å². The number of benzene rings is 1. The largest absolute Gasteiger partial charge is 0.481 e. The fourth-order valence-corrected chi connectivity index (χ4v) is 4.50. The molecule has 1 aliphatic carbocycles. The predicted molar refractivity (Wildman–Crippen MR) is 112 cm³/mol. The summed E-state index contributed by atoms with van der Waals surface area (Å²) in [7, 11) is 0. The zero-order valence-electron chi connectivity index (χ0n) is 15.7. The third-order valence-electron chi connectivity index (χ3n) is 4.76. The molecule has 0 saturated heterocycles. The van der Waals surface area contributed by atoms with Gasteiger partial charge in [0, 0.05) is 21.5 Å². The molecule has 0 saturated carbocycles. The average Bonchev–Trinajstić information content (AvgIpc) is 3.11. The molecule has 1 amide bonds. The number of rotatable bonds is 6. The summed E-state index contributed by atoms with van der Waals surface area (Å²) >= 11 is 7.47. The lowest BCUT2D eigenvalue weighted by Gasteiger charge is -2.24. The highest BCUT2D eigenvalue weighted by atomic mass is 35.5. The summed E-state index contributed by atoms with van der Waals surface area (Å²) in [6, 6.07) is 7.09. The van der Waals surface area contributed by atoms with E-state index in [0.717, 1.165) is 0 Å². The van der Waals surface area contributed by atoms with Gasteiger partial charge in [-0.3, -0.25) is 9.59 Å². The van der Waals surface area contributed by atoms with Gasteiger partial charge in [-0.05, 0) is 25.8 Å². The normalized spacial score (nSPS) is 18.3. The highest BCUT2D eigenvalue weighted by Crippen LogP contribution is 2.39. The number of amides is 1. The van der Waals surface area contributed by atoms with Crippen LogP contribution in [0, 0.1) is 11.8 Å². The van der Waals surface area contributed by atoms with Crippen LogP contribution in [0.5, 0.6) is 0 Å². The lowest BCUT2D eigenvalue weighted by atomic mass is 9.82. The summed E-state index contributed by atoms with van der Waals surface area (Å²) in [6.07, 6.45) is 4.21. The standard InChI is InChI=1S/C21H20ClNO5S/c1-2-28-21(27)17-15(12-7-5-6-10-16(12)22)11-29-19(17)23-18(24)13-8-3-4-9-14(13)20(25)26/h3-7,10-11,13-14H,2,8-9H2,1H3,(H,23,24)(H,25,26)/t13-,14+/m1/s1. The second-order valence-electron chi connectivity index (χ2n) is 6.54. The van der Waals surface area contributed by atoms with Crippen molar-refractivity contribution in [3.8, 4) is 11.1 Å². The number of aliphatic carboxylic acids is 1. The third-order valence-corrected chi connectivity index (χ3v) is 5.98. The Kier molecular flexibility index (Phi) is 6.71. The number of thiophene rings is 1. The molecule has 1 aromatic carbocycles. The van der Waals surface area contributed by atoms with Gasteiger partial charge in [-0.15, -0.1) is 11.3 Å². The molecule has 0 bridgehead atoms. The number of carbonyl (C=O) groups excluding carboxylic acids is 2. The highest BCUT2D eigenvalue weighted by molar-refractivity contribution is 7.15. The van der Waals surface area contributed by atoms with Gasteiger partial charge in [-0.2, -0.15) is 0 Å². The van der Waals surface area contributed by atoms with Gasteiger partial charge in [0.1, 0.15) is 10.6 Å². The number of anilines is 1. The lowest BCUT2D eigenvalue weighted by Crippen LogP contribution is -2.34. The molecule has 152 valence electrons. The Morgan fingerprint density at radius 1 is 1.17 bits per heavy atom. The van der Waals surface area contributed by atoms with E-state index >= 15 is 0 Å². The summed E-state index contributed by atoms with van der Waals surface area (Å²) in [6.45, 7) is 1.88. The van der Waals surface area contributed by atoms with Crippen molar-refractivity contribution in [1.82, 2.24) is 0 Å². The summed E-state index contributed by atoms with van der Waals surface area (Å²) in [5.74, 6) is -3.52. The monoisotopic (exact) mass is 433 g/mol. The highest BCUT2D eigenvalue weighted by Gasteiger charge is 2.35. The van der Waals surface area contributed by atoms with Crippen molar-refractivity contribution in [3.05, 3.63) is 52.4 Å². The Morgan fingerprint density at radius 2 is 1.86 bits per heavy atom. The molecule has 2 aromatic rings. The number of carbonyl (C=O) groups is 3. The van der Waals surface area contributed by atoms with Gasteiger partial charge in [0.15, 0.2) is 0 Å². The van der Waals surface area contributed by atoms with E-state index in [-0.39, 0.29) is 12.2 Å². The van der Waals surface area contributed by atoms with E-state index in [1.165, 1.54) is 11.3 Å². The van der Waals surface area contributed by atoms with Gasteiger partial charge in [0.2, 0.25) is 5.91 Å². The molecule has 1 aliphatic rings. The van der Waals surface area contributed by atoms with Gasteiger partial charge >= 0.3 is 11.9 Å². The van der Waals surface area contributed by atoms with E-state index in [1.54, 1.807) is 48.7 Å². The third kappa shape index (κ3) is 4.52. The van der Waals surface area contributed by atoms with Crippen LogP contribution in [0.1, 0.15) is 30.1 Å². The maximum atomic E-state index is 12.8. The molecule has 0 fully saturated rings.